The third-order valence-electron chi connectivity index (χ3n) is 12.1. The number of anilines is 12. The number of benzene rings is 9. The van der Waals surface area contributed by atoms with Gasteiger partial charge in [0.1, 0.15) is 11.0 Å². The molecule has 2 aliphatic rings. The quantitative estimate of drug-likeness (QED) is 0.164. The van der Waals surface area contributed by atoms with Crippen LogP contribution in [0.3, 0.4) is 0 Å². The maximum absolute atomic E-state index is 6.39. The lowest BCUT2D eigenvalue weighted by atomic mass is 10.0. The highest BCUT2D eigenvalue weighted by Gasteiger charge is 2.32. The average Bonchev–Trinajstić information content (AvgIpc) is 3.98. The molecule has 0 spiro atoms. The third kappa shape index (κ3) is 5.70. The summed E-state index contributed by atoms with van der Waals surface area (Å²) in [6, 6.07) is 75.8. The maximum atomic E-state index is 6.39. The van der Waals surface area contributed by atoms with Gasteiger partial charge in [0.2, 0.25) is 11.8 Å². The SMILES string of the molecule is c1ccc(N2c3ccccc3N(c3ccc(-c4nc5cc6oc(-c7ccc(N8c9ccccc9N(c9ccccc9)c9ccccc98)cc7)nc6cc5o4)cc3)c3ccccc32)cc1. The molecule has 0 amide bonds. The Morgan fingerprint density at radius 3 is 0.797 bits per heavy atom. The maximum Gasteiger partial charge on any atom is 0.227 e. The molecule has 13 rings (SSSR count). The topological polar surface area (TPSA) is 65.0 Å². The van der Waals surface area contributed by atoms with Gasteiger partial charge in [0.15, 0.2) is 11.2 Å². The standard InChI is InChI=1S/C56H36N6O2/c1-3-15-39(16-4-1)59-45-19-7-11-23-49(45)61(50-24-12-8-20-46(50)59)41-31-27-37(28-32-41)55-57-43-35-54-44(36-53(43)63-55)58-56(64-54)38-29-33-42(34-30-38)62-51-25-13-9-21-47(51)60(40-17-5-2-6-18-40)48-22-10-14-26-52(48)62/h1-36H. The predicted octanol–water partition coefficient (Wildman–Crippen LogP) is 15.8. The molecule has 11 aromatic rings. The third-order valence-corrected chi connectivity index (χ3v) is 12.1. The van der Waals surface area contributed by atoms with Crippen molar-refractivity contribution in [2.24, 2.45) is 0 Å². The molecular formula is C56H36N6O2. The molecule has 0 saturated heterocycles. The summed E-state index contributed by atoms with van der Waals surface area (Å²) >= 11 is 0. The first-order chi connectivity index (χ1) is 31.7. The first kappa shape index (κ1) is 35.8. The van der Waals surface area contributed by atoms with E-state index in [2.05, 4.69) is 226 Å². The second-order valence-corrected chi connectivity index (χ2v) is 15.9. The summed E-state index contributed by atoms with van der Waals surface area (Å²) < 4.78 is 12.8. The number of fused-ring (bicyclic) bond motifs is 6. The van der Waals surface area contributed by atoms with E-state index in [1.807, 2.05) is 12.1 Å². The summed E-state index contributed by atoms with van der Waals surface area (Å²) in [5, 5.41) is 0. The van der Waals surface area contributed by atoms with Gasteiger partial charge < -0.3 is 28.4 Å². The minimum absolute atomic E-state index is 0.535. The summed E-state index contributed by atoms with van der Waals surface area (Å²) in [7, 11) is 0. The van der Waals surface area contributed by atoms with Crippen molar-refractivity contribution in [2.45, 2.75) is 0 Å². The first-order valence-electron chi connectivity index (χ1n) is 21.3. The molecule has 0 atom stereocenters. The minimum Gasteiger partial charge on any atom is -0.436 e. The lowest BCUT2D eigenvalue weighted by Crippen LogP contribution is -2.23. The Morgan fingerprint density at radius 2 is 0.516 bits per heavy atom. The van der Waals surface area contributed by atoms with Gasteiger partial charge in [-0.05, 0) is 121 Å². The van der Waals surface area contributed by atoms with Crippen molar-refractivity contribution in [1.29, 1.82) is 0 Å². The highest BCUT2D eigenvalue weighted by molar-refractivity contribution is 6.03. The van der Waals surface area contributed by atoms with E-state index < -0.39 is 0 Å². The van der Waals surface area contributed by atoms with Crippen LogP contribution in [0, 0.1) is 0 Å². The molecule has 4 heterocycles. The van der Waals surface area contributed by atoms with E-state index >= 15 is 0 Å². The summed E-state index contributed by atoms with van der Waals surface area (Å²) in [6.07, 6.45) is 0. The van der Waals surface area contributed by atoms with Gasteiger partial charge in [0.25, 0.3) is 0 Å². The van der Waals surface area contributed by atoms with E-state index in [9.17, 15) is 0 Å². The van der Waals surface area contributed by atoms with Crippen LogP contribution in [0.2, 0.25) is 0 Å². The molecule has 64 heavy (non-hydrogen) atoms. The number of para-hydroxylation sites is 10. The summed E-state index contributed by atoms with van der Waals surface area (Å²) in [6.45, 7) is 0. The molecule has 2 aromatic heterocycles. The number of oxazole rings is 2. The fourth-order valence-electron chi connectivity index (χ4n) is 9.26. The minimum atomic E-state index is 0.535. The summed E-state index contributed by atoms with van der Waals surface area (Å²) in [5.41, 5.74) is 17.6. The molecule has 0 saturated carbocycles. The van der Waals surface area contributed by atoms with Crippen LogP contribution in [0.5, 0.6) is 0 Å². The van der Waals surface area contributed by atoms with Crippen LogP contribution in [-0.2, 0) is 0 Å². The van der Waals surface area contributed by atoms with Gasteiger partial charge in [-0.2, -0.15) is 0 Å². The number of nitrogens with zero attached hydrogens (tertiary/aromatic N) is 6. The Morgan fingerprint density at radius 1 is 0.266 bits per heavy atom. The normalized spacial score (nSPS) is 12.9. The monoisotopic (exact) mass is 824 g/mol. The smallest absolute Gasteiger partial charge is 0.227 e. The zero-order valence-electron chi connectivity index (χ0n) is 34.3. The van der Waals surface area contributed by atoms with Crippen LogP contribution in [0.4, 0.5) is 68.2 Å². The van der Waals surface area contributed by atoms with E-state index in [-0.39, 0.29) is 0 Å². The number of hydrogen-bond donors (Lipinski definition) is 0. The number of aromatic nitrogens is 2. The Labute approximate surface area is 368 Å². The fraction of sp³-hybridized carbons (Fsp3) is 0. The van der Waals surface area contributed by atoms with E-state index in [1.165, 1.54) is 0 Å². The molecule has 0 bridgehead atoms. The molecule has 0 aliphatic carbocycles. The van der Waals surface area contributed by atoms with Gasteiger partial charge in [-0.15, -0.1) is 0 Å². The predicted molar refractivity (Wildman–Crippen MR) is 258 cm³/mol. The molecule has 8 heteroatoms. The molecule has 2 aliphatic heterocycles. The van der Waals surface area contributed by atoms with Crippen molar-refractivity contribution in [3.05, 3.63) is 218 Å². The van der Waals surface area contributed by atoms with Crippen LogP contribution in [0.25, 0.3) is 45.1 Å². The van der Waals surface area contributed by atoms with Gasteiger partial charge in [-0.25, -0.2) is 9.97 Å². The van der Waals surface area contributed by atoms with E-state index in [0.29, 0.717) is 34.0 Å². The second kappa shape index (κ2) is 14.4. The Bertz CT molecular complexity index is 3150. The molecule has 0 radical (unpaired) electrons. The molecule has 9 aromatic carbocycles. The molecule has 302 valence electrons. The highest BCUT2D eigenvalue weighted by atomic mass is 16.4. The second-order valence-electron chi connectivity index (χ2n) is 15.9. The first-order valence-corrected chi connectivity index (χ1v) is 21.3. The molecule has 8 nitrogen and oxygen atoms in total. The van der Waals surface area contributed by atoms with Crippen molar-refractivity contribution >= 4 is 90.4 Å². The summed E-state index contributed by atoms with van der Waals surface area (Å²) in [4.78, 5) is 19.1. The van der Waals surface area contributed by atoms with Crippen molar-refractivity contribution in [1.82, 2.24) is 9.97 Å². The van der Waals surface area contributed by atoms with Crippen LogP contribution in [0.1, 0.15) is 0 Å². The van der Waals surface area contributed by atoms with Crippen molar-refractivity contribution in [3.8, 4) is 22.9 Å². The summed E-state index contributed by atoms with van der Waals surface area (Å²) in [5.74, 6) is 1.07. The van der Waals surface area contributed by atoms with Gasteiger partial charge >= 0.3 is 0 Å². The van der Waals surface area contributed by atoms with Gasteiger partial charge in [0.05, 0.1) is 45.5 Å². The Kier molecular flexibility index (Phi) is 8.04. The van der Waals surface area contributed by atoms with Crippen LogP contribution < -0.4 is 19.6 Å². The number of rotatable bonds is 6. The van der Waals surface area contributed by atoms with Crippen molar-refractivity contribution in [2.75, 3.05) is 19.6 Å². The van der Waals surface area contributed by atoms with E-state index in [4.69, 9.17) is 18.8 Å². The van der Waals surface area contributed by atoms with E-state index in [0.717, 1.165) is 79.4 Å². The van der Waals surface area contributed by atoms with Crippen molar-refractivity contribution in [3.63, 3.8) is 0 Å². The largest absolute Gasteiger partial charge is 0.436 e. The number of hydrogen-bond acceptors (Lipinski definition) is 8. The zero-order chi connectivity index (χ0) is 42.1. The van der Waals surface area contributed by atoms with Crippen molar-refractivity contribution < 1.29 is 8.83 Å². The molecular weight excluding hydrogens is 789 g/mol. The Hall–Kier alpha value is -8.88. The van der Waals surface area contributed by atoms with Gasteiger partial charge in [-0.1, -0.05) is 84.9 Å². The highest BCUT2D eigenvalue weighted by Crippen LogP contribution is 2.55. The average molecular weight is 825 g/mol. The molecule has 0 fully saturated rings. The zero-order valence-corrected chi connectivity index (χ0v) is 34.3. The lowest BCUT2D eigenvalue weighted by molar-refractivity contribution is 0.618. The van der Waals surface area contributed by atoms with Crippen LogP contribution in [-0.4, -0.2) is 9.97 Å². The van der Waals surface area contributed by atoms with Crippen LogP contribution in [0.15, 0.2) is 227 Å². The van der Waals surface area contributed by atoms with E-state index in [1.54, 1.807) is 0 Å². The Balaban J connectivity index is 0.790. The van der Waals surface area contributed by atoms with Gasteiger partial charge in [0, 0.05) is 46.0 Å². The molecule has 0 unspecified atom stereocenters. The molecule has 0 N–H and O–H groups in total. The lowest BCUT2D eigenvalue weighted by Gasteiger charge is -2.40. The van der Waals surface area contributed by atoms with Crippen LogP contribution >= 0.6 is 0 Å². The fourth-order valence-corrected chi connectivity index (χ4v) is 9.26. The van der Waals surface area contributed by atoms with Gasteiger partial charge in [-0.3, -0.25) is 0 Å².